The Kier molecular flexibility index (Phi) is 2.72. The molecule has 3 rings (SSSR count). The average Bonchev–Trinajstić information content (AvgIpc) is 2.93. The summed E-state index contributed by atoms with van der Waals surface area (Å²) in [5.74, 6) is 0.702. The zero-order chi connectivity index (χ0) is 12.4. The molecular weight excluding hydrogens is 230 g/mol. The molecule has 2 heterocycles. The highest BCUT2D eigenvalue weighted by Crippen LogP contribution is 2.31. The summed E-state index contributed by atoms with van der Waals surface area (Å²) < 4.78 is 5.55. The van der Waals surface area contributed by atoms with Crippen LogP contribution in [0.25, 0.3) is 0 Å². The fourth-order valence-electron chi connectivity index (χ4n) is 2.11. The van der Waals surface area contributed by atoms with Gasteiger partial charge in [-0.1, -0.05) is 18.2 Å². The van der Waals surface area contributed by atoms with E-state index in [9.17, 15) is 4.79 Å². The maximum Gasteiger partial charge on any atom is 0.269 e. The Balaban J connectivity index is 1.80. The summed E-state index contributed by atoms with van der Waals surface area (Å²) in [6, 6.07) is 9.42. The predicted octanol–water partition coefficient (Wildman–Crippen LogP) is 1.66. The third-order valence-corrected chi connectivity index (χ3v) is 3.01. The van der Waals surface area contributed by atoms with Crippen molar-refractivity contribution in [1.82, 2.24) is 15.5 Å². The van der Waals surface area contributed by atoms with Gasteiger partial charge in [0.1, 0.15) is 11.4 Å². The maximum atomic E-state index is 12.0. The number of amides is 1. The Morgan fingerprint density at radius 3 is 3.11 bits per heavy atom. The second kappa shape index (κ2) is 4.52. The summed E-state index contributed by atoms with van der Waals surface area (Å²) in [7, 11) is 0. The van der Waals surface area contributed by atoms with Gasteiger partial charge < -0.3 is 10.1 Å². The highest BCUT2D eigenvalue weighted by Gasteiger charge is 2.23. The quantitative estimate of drug-likeness (QED) is 0.843. The number of carbonyl (C=O) groups excluding carboxylic acids is 1. The van der Waals surface area contributed by atoms with Crippen LogP contribution in [0.4, 0.5) is 0 Å². The number of nitrogens with one attached hydrogen (secondary N) is 2. The van der Waals surface area contributed by atoms with E-state index in [1.807, 2.05) is 24.3 Å². The molecule has 2 N–H and O–H groups in total. The molecule has 1 atom stereocenters. The fourth-order valence-corrected chi connectivity index (χ4v) is 2.11. The Hall–Kier alpha value is -2.30. The van der Waals surface area contributed by atoms with E-state index in [1.54, 1.807) is 12.3 Å². The van der Waals surface area contributed by atoms with Crippen molar-refractivity contribution in [1.29, 1.82) is 0 Å². The molecule has 5 heteroatoms. The summed E-state index contributed by atoms with van der Waals surface area (Å²) in [6.07, 6.45) is 2.34. The van der Waals surface area contributed by atoms with Gasteiger partial charge in [-0.25, -0.2) is 0 Å². The summed E-state index contributed by atoms with van der Waals surface area (Å²) in [4.78, 5) is 12.0. The Morgan fingerprint density at radius 2 is 2.28 bits per heavy atom. The van der Waals surface area contributed by atoms with E-state index in [0.717, 1.165) is 17.7 Å². The van der Waals surface area contributed by atoms with Crippen molar-refractivity contribution in [2.45, 2.75) is 12.5 Å². The zero-order valence-corrected chi connectivity index (χ0v) is 9.72. The monoisotopic (exact) mass is 243 g/mol. The van der Waals surface area contributed by atoms with Gasteiger partial charge in [-0.15, -0.1) is 0 Å². The molecule has 1 amide bonds. The van der Waals surface area contributed by atoms with E-state index in [0.29, 0.717) is 12.3 Å². The van der Waals surface area contributed by atoms with Gasteiger partial charge in [0, 0.05) is 18.2 Å². The van der Waals surface area contributed by atoms with E-state index in [-0.39, 0.29) is 11.9 Å². The molecule has 0 radical (unpaired) electrons. The van der Waals surface area contributed by atoms with Crippen LogP contribution < -0.4 is 10.1 Å². The van der Waals surface area contributed by atoms with Gasteiger partial charge in [0.25, 0.3) is 5.91 Å². The molecule has 92 valence electrons. The van der Waals surface area contributed by atoms with E-state index < -0.39 is 0 Å². The molecule has 1 aliphatic heterocycles. The fraction of sp³-hybridized carbons (Fsp3) is 0.231. The lowest BCUT2D eigenvalue weighted by Gasteiger charge is -2.26. The molecule has 5 nitrogen and oxygen atoms in total. The second-order valence-electron chi connectivity index (χ2n) is 4.17. The van der Waals surface area contributed by atoms with Crippen molar-refractivity contribution in [3.63, 3.8) is 0 Å². The molecule has 1 unspecified atom stereocenters. The van der Waals surface area contributed by atoms with Gasteiger partial charge in [-0.2, -0.15) is 5.10 Å². The molecule has 0 bridgehead atoms. The van der Waals surface area contributed by atoms with Crippen LogP contribution in [0.15, 0.2) is 36.5 Å². The molecule has 18 heavy (non-hydrogen) atoms. The molecule has 0 saturated carbocycles. The van der Waals surface area contributed by atoms with Crippen LogP contribution in [0.2, 0.25) is 0 Å². The number of para-hydroxylation sites is 1. The van der Waals surface area contributed by atoms with Crippen LogP contribution in [0.5, 0.6) is 5.75 Å². The number of benzene rings is 1. The van der Waals surface area contributed by atoms with Crippen LogP contribution in [0.3, 0.4) is 0 Å². The smallest absolute Gasteiger partial charge is 0.269 e. The number of hydrogen-bond acceptors (Lipinski definition) is 3. The van der Waals surface area contributed by atoms with Crippen molar-refractivity contribution in [3.8, 4) is 5.75 Å². The SMILES string of the molecule is O=C(NC1CCOc2ccccc21)c1ccn[nH]1. The first kappa shape index (κ1) is 10.8. The topological polar surface area (TPSA) is 67.0 Å². The van der Waals surface area contributed by atoms with Crippen LogP contribution >= 0.6 is 0 Å². The number of fused-ring (bicyclic) bond motifs is 1. The van der Waals surface area contributed by atoms with Crippen molar-refractivity contribution in [2.75, 3.05) is 6.61 Å². The highest BCUT2D eigenvalue weighted by molar-refractivity contribution is 5.92. The number of aromatic nitrogens is 2. The number of carbonyl (C=O) groups is 1. The standard InChI is InChI=1S/C13H13N3O2/c17-13(11-5-7-14-16-11)15-10-6-8-18-12-4-2-1-3-9(10)12/h1-5,7,10H,6,8H2,(H,14,16)(H,15,17). The predicted molar refractivity (Wildman–Crippen MR) is 65.3 cm³/mol. The number of aromatic amines is 1. The number of H-pyrrole nitrogens is 1. The Morgan fingerprint density at radius 1 is 1.39 bits per heavy atom. The van der Waals surface area contributed by atoms with E-state index >= 15 is 0 Å². The highest BCUT2D eigenvalue weighted by atomic mass is 16.5. The maximum absolute atomic E-state index is 12.0. The minimum atomic E-state index is -0.144. The summed E-state index contributed by atoms with van der Waals surface area (Å²) in [6.45, 7) is 0.616. The van der Waals surface area contributed by atoms with Crippen LogP contribution in [-0.2, 0) is 0 Å². The van der Waals surface area contributed by atoms with Crippen LogP contribution in [0, 0.1) is 0 Å². The molecule has 1 aliphatic rings. The first-order valence-corrected chi connectivity index (χ1v) is 5.86. The molecule has 0 spiro atoms. The molecule has 0 saturated heterocycles. The Bertz CT molecular complexity index is 551. The minimum Gasteiger partial charge on any atom is -0.493 e. The first-order chi connectivity index (χ1) is 8.84. The molecule has 0 aliphatic carbocycles. The van der Waals surface area contributed by atoms with Gasteiger partial charge in [-0.3, -0.25) is 9.89 Å². The lowest BCUT2D eigenvalue weighted by molar-refractivity contribution is 0.0919. The van der Waals surface area contributed by atoms with Crippen molar-refractivity contribution >= 4 is 5.91 Å². The largest absolute Gasteiger partial charge is 0.493 e. The number of rotatable bonds is 2. The average molecular weight is 243 g/mol. The normalized spacial score (nSPS) is 17.7. The van der Waals surface area contributed by atoms with Gasteiger partial charge in [0.2, 0.25) is 0 Å². The number of ether oxygens (including phenoxy) is 1. The van der Waals surface area contributed by atoms with Crippen molar-refractivity contribution in [3.05, 3.63) is 47.8 Å². The number of hydrogen-bond donors (Lipinski definition) is 2. The number of nitrogens with zero attached hydrogens (tertiary/aromatic N) is 1. The molecule has 0 fully saturated rings. The molecule has 1 aromatic heterocycles. The summed E-state index contributed by atoms with van der Waals surface area (Å²) in [5, 5.41) is 9.41. The van der Waals surface area contributed by atoms with Gasteiger partial charge in [0.05, 0.1) is 12.6 Å². The van der Waals surface area contributed by atoms with Gasteiger partial charge >= 0.3 is 0 Å². The van der Waals surface area contributed by atoms with Gasteiger partial charge in [-0.05, 0) is 12.1 Å². The van der Waals surface area contributed by atoms with Crippen LogP contribution in [0.1, 0.15) is 28.5 Å². The summed E-state index contributed by atoms with van der Waals surface area (Å²) in [5.41, 5.74) is 1.50. The zero-order valence-electron chi connectivity index (χ0n) is 9.72. The van der Waals surface area contributed by atoms with Crippen molar-refractivity contribution in [2.24, 2.45) is 0 Å². The lowest BCUT2D eigenvalue weighted by Crippen LogP contribution is -2.32. The molecule has 1 aromatic carbocycles. The van der Waals surface area contributed by atoms with E-state index in [1.165, 1.54) is 0 Å². The molecule has 2 aromatic rings. The second-order valence-corrected chi connectivity index (χ2v) is 4.17. The van der Waals surface area contributed by atoms with E-state index in [4.69, 9.17) is 4.74 Å². The van der Waals surface area contributed by atoms with Crippen molar-refractivity contribution < 1.29 is 9.53 Å². The van der Waals surface area contributed by atoms with Gasteiger partial charge in [0.15, 0.2) is 0 Å². The third-order valence-electron chi connectivity index (χ3n) is 3.01. The first-order valence-electron chi connectivity index (χ1n) is 5.86. The minimum absolute atomic E-state index is 0.00856. The van der Waals surface area contributed by atoms with Crippen LogP contribution in [-0.4, -0.2) is 22.7 Å². The van der Waals surface area contributed by atoms with E-state index in [2.05, 4.69) is 15.5 Å². The molecular formula is C13H13N3O2. The Labute approximate surface area is 104 Å². The third kappa shape index (κ3) is 1.95. The lowest BCUT2D eigenvalue weighted by atomic mass is 10.0. The summed E-state index contributed by atoms with van der Waals surface area (Å²) >= 11 is 0.